The number of rotatable bonds is 2. The summed E-state index contributed by atoms with van der Waals surface area (Å²) in [7, 11) is 0. The van der Waals surface area contributed by atoms with Crippen LogP contribution in [0.3, 0.4) is 0 Å². The minimum atomic E-state index is -4.86. The average Bonchev–Trinajstić information content (AvgIpc) is 2.45. The molecular formula is C15H8F6N2OS. The largest absolute Gasteiger partial charge is 0.419 e. The van der Waals surface area contributed by atoms with Gasteiger partial charge in [0.05, 0.1) is 5.56 Å². The van der Waals surface area contributed by atoms with Gasteiger partial charge in [0.2, 0.25) is 0 Å². The van der Waals surface area contributed by atoms with Gasteiger partial charge >= 0.3 is 6.18 Å². The van der Waals surface area contributed by atoms with E-state index < -0.39 is 45.8 Å². The van der Waals surface area contributed by atoms with Crippen LogP contribution in [0.4, 0.5) is 32.0 Å². The van der Waals surface area contributed by atoms with E-state index in [1.165, 1.54) is 0 Å². The molecule has 3 nitrogen and oxygen atoms in total. The number of anilines is 1. The quantitative estimate of drug-likeness (QED) is 0.607. The normalized spacial score (nSPS) is 11.1. The van der Waals surface area contributed by atoms with E-state index in [-0.39, 0.29) is 5.69 Å². The molecule has 0 saturated carbocycles. The second kappa shape index (κ2) is 7.09. The van der Waals surface area contributed by atoms with Crippen LogP contribution >= 0.6 is 12.2 Å². The molecule has 1 amide bonds. The Morgan fingerprint density at radius 1 is 0.960 bits per heavy atom. The van der Waals surface area contributed by atoms with Gasteiger partial charge in [-0.2, -0.15) is 13.2 Å². The summed E-state index contributed by atoms with van der Waals surface area (Å²) >= 11 is 4.72. The first-order valence-corrected chi connectivity index (χ1v) is 6.93. The van der Waals surface area contributed by atoms with Crippen molar-refractivity contribution in [2.24, 2.45) is 0 Å². The topological polar surface area (TPSA) is 41.1 Å². The highest BCUT2D eigenvalue weighted by Crippen LogP contribution is 2.32. The summed E-state index contributed by atoms with van der Waals surface area (Å²) < 4.78 is 77.8. The van der Waals surface area contributed by atoms with E-state index in [0.29, 0.717) is 12.1 Å². The molecule has 2 aromatic rings. The first-order chi connectivity index (χ1) is 11.6. The zero-order valence-electron chi connectivity index (χ0n) is 12.0. The van der Waals surface area contributed by atoms with Gasteiger partial charge in [-0.05, 0) is 42.5 Å². The summed E-state index contributed by atoms with van der Waals surface area (Å²) in [5, 5.41) is 3.72. The molecule has 0 aromatic heterocycles. The Balaban J connectivity index is 2.10. The van der Waals surface area contributed by atoms with Crippen LogP contribution in [0.1, 0.15) is 15.9 Å². The van der Waals surface area contributed by atoms with Gasteiger partial charge in [0.25, 0.3) is 5.91 Å². The lowest BCUT2D eigenvalue weighted by molar-refractivity contribution is -0.139. The SMILES string of the molecule is O=C(NC(=S)Nc1ccc(C(F)(F)F)c(F)c1)c1c(F)cccc1F. The molecule has 0 aliphatic carbocycles. The number of alkyl halides is 3. The Bertz CT molecular complexity index is 817. The maximum Gasteiger partial charge on any atom is 0.419 e. The lowest BCUT2D eigenvalue weighted by Gasteiger charge is -2.12. The lowest BCUT2D eigenvalue weighted by atomic mass is 10.2. The summed E-state index contributed by atoms with van der Waals surface area (Å²) in [5.74, 6) is -5.01. The predicted molar refractivity (Wildman–Crippen MR) is 81.4 cm³/mol. The number of benzene rings is 2. The molecule has 0 atom stereocenters. The van der Waals surface area contributed by atoms with Crippen LogP contribution in [0.2, 0.25) is 0 Å². The highest BCUT2D eigenvalue weighted by Gasteiger charge is 2.34. The molecule has 0 heterocycles. The number of hydrogen-bond acceptors (Lipinski definition) is 2. The molecule has 132 valence electrons. The zero-order valence-corrected chi connectivity index (χ0v) is 12.9. The molecule has 0 aliphatic heterocycles. The van der Waals surface area contributed by atoms with Gasteiger partial charge in [0.15, 0.2) is 5.11 Å². The fraction of sp³-hybridized carbons (Fsp3) is 0.0667. The number of halogens is 6. The summed E-state index contributed by atoms with van der Waals surface area (Å²) in [6.07, 6.45) is -4.86. The molecule has 0 radical (unpaired) electrons. The summed E-state index contributed by atoms with van der Waals surface area (Å²) in [5.41, 5.74) is -2.54. The number of carbonyl (C=O) groups excluding carboxylic acids is 1. The van der Waals surface area contributed by atoms with Gasteiger partial charge in [0.1, 0.15) is 23.0 Å². The summed E-state index contributed by atoms with van der Waals surface area (Å²) in [6, 6.07) is 4.67. The molecule has 0 bridgehead atoms. The number of carbonyl (C=O) groups is 1. The molecule has 0 spiro atoms. The molecular weight excluding hydrogens is 370 g/mol. The van der Waals surface area contributed by atoms with Crippen molar-refractivity contribution in [3.63, 3.8) is 0 Å². The Morgan fingerprint density at radius 2 is 1.56 bits per heavy atom. The Labute approximate surface area is 142 Å². The molecule has 10 heteroatoms. The van der Waals surface area contributed by atoms with Crippen molar-refractivity contribution < 1.29 is 31.1 Å². The van der Waals surface area contributed by atoms with Crippen molar-refractivity contribution in [3.05, 3.63) is 65.0 Å². The predicted octanol–water partition coefficient (Wildman–Crippen LogP) is 4.25. The fourth-order valence-electron chi connectivity index (χ4n) is 1.87. The van der Waals surface area contributed by atoms with E-state index in [9.17, 15) is 31.1 Å². The van der Waals surface area contributed by atoms with Gasteiger partial charge < -0.3 is 5.32 Å². The van der Waals surface area contributed by atoms with E-state index in [1.807, 2.05) is 5.32 Å². The van der Waals surface area contributed by atoms with Gasteiger partial charge in [-0.1, -0.05) is 6.07 Å². The van der Waals surface area contributed by atoms with Crippen molar-refractivity contribution in [2.75, 3.05) is 5.32 Å². The van der Waals surface area contributed by atoms with Crippen LogP contribution in [0, 0.1) is 17.5 Å². The van der Waals surface area contributed by atoms with Crippen LogP contribution in [0.15, 0.2) is 36.4 Å². The second-order valence-corrected chi connectivity index (χ2v) is 5.11. The summed E-state index contributed by atoms with van der Waals surface area (Å²) in [6.45, 7) is 0. The highest BCUT2D eigenvalue weighted by molar-refractivity contribution is 7.80. The number of nitrogens with one attached hydrogen (secondary N) is 2. The molecule has 0 fully saturated rings. The summed E-state index contributed by atoms with van der Waals surface area (Å²) in [4.78, 5) is 11.8. The molecule has 2 N–H and O–H groups in total. The minimum Gasteiger partial charge on any atom is -0.332 e. The maximum absolute atomic E-state index is 13.5. The Hall–Kier alpha value is -2.62. The monoisotopic (exact) mass is 378 g/mol. The van der Waals surface area contributed by atoms with Crippen LogP contribution in [-0.2, 0) is 6.18 Å². The van der Waals surface area contributed by atoms with Gasteiger partial charge in [-0.15, -0.1) is 0 Å². The van der Waals surface area contributed by atoms with Crippen molar-refractivity contribution in [3.8, 4) is 0 Å². The van der Waals surface area contributed by atoms with Crippen molar-refractivity contribution in [1.29, 1.82) is 0 Å². The van der Waals surface area contributed by atoms with Crippen molar-refractivity contribution in [2.45, 2.75) is 6.18 Å². The lowest BCUT2D eigenvalue weighted by Crippen LogP contribution is -2.35. The third-order valence-electron chi connectivity index (χ3n) is 2.95. The van der Waals surface area contributed by atoms with Gasteiger partial charge in [-0.3, -0.25) is 10.1 Å². The molecule has 2 rings (SSSR count). The van der Waals surface area contributed by atoms with E-state index in [2.05, 4.69) is 5.32 Å². The highest BCUT2D eigenvalue weighted by atomic mass is 32.1. The van der Waals surface area contributed by atoms with Crippen molar-refractivity contribution >= 4 is 28.9 Å². The van der Waals surface area contributed by atoms with E-state index in [1.54, 1.807) is 0 Å². The Morgan fingerprint density at radius 3 is 2.08 bits per heavy atom. The molecule has 0 aliphatic rings. The average molecular weight is 378 g/mol. The van der Waals surface area contributed by atoms with Crippen LogP contribution in [-0.4, -0.2) is 11.0 Å². The van der Waals surface area contributed by atoms with E-state index in [0.717, 1.165) is 24.3 Å². The van der Waals surface area contributed by atoms with Gasteiger partial charge in [-0.25, -0.2) is 13.2 Å². The number of hydrogen-bond donors (Lipinski definition) is 2. The second-order valence-electron chi connectivity index (χ2n) is 4.70. The molecule has 25 heavy (non-hydrogen) atoms. The zero-order chi connectivity index (χ0) is 18.8. The number of amides is 1. The smallest absolute Gasteiger partial charge is 0.332 e. The fourth-order valence-corrected chi connectivity index (χ4v) is 2.08. The first kappa shape index (κ1) is 18.7. The van der Waals surface area contributed by atoms with Crippen LogP contribution in [0.25, 0.3) is 0 Å². The first-order valence-electron chi connectivity index (χ1n) is 6.52. The standard InChI is InChI=1S/C15H8F6N2OS/c16-9-2-1-3-10(17)12(9)13(24)23-14(25)22-7-4-5-8(11(18)6-7)15(19,20)21/h1-6H,(H2,22,23,24,25). The molecule has 2 aromatic carbocycles. The van der Waals surface area contributed by atoms with E-state index in [4.69, 9.17) is 12.2 Å². The Kier molecular flexibility index (Phi) is 5.31. The third-order valence-corrected chi connectivity index (χ3v) is 3.15. The van der Waals surface area contributed by atoms with Crippen LogP contribution in [0.5, 0.6) is 0 Å². The third kappa shape index (κ3) is 4.47. The van der Waals surface area contributed by atoms with Gasteiger partial charge in [0, 0.05) is 5.69 Å². The molecule has 0 unspecified atom stereocenters. The van der Waals surface area contributed by atoms with E-state index >= 15 is 0 Å². The number of thiocarbonyl (C=S) groups is 1. The maximum atomic E-state index is 13.5. The van der Waals surface area contributed by atoms with Crippen molar-refractivity contribution in [1.82, 2.24) is 5.32 Å². The minimum absolute atomic E-state index is 0.190. The van der Waals surface area contributed by atoms with Crippen LogP contribution < -0.4 is 10.6 Å². The molecule has 0 saturated heterocycles.